The molecule has 2 rings (SSSR count). The topological polar surface area (TPSA) is 44.0 Å². The Balaban J connectivity index is 1.75. The molecule has 0 aliphatic carbocycles. The summed E-state index contributed by atoms with van der Waals surface area (Å²) in [6, 6.07) is 3.37. The molecule has 2 heterocycles. The van der Waals surface area contributed by atoms with Gasteiger partial charge in [-0.1, -0.05) is 0 Å². The van der Waals surface area contributed by atoms with Crippen molar-refractivity contribution in [1.82, 2.24) is 20.4 Å². The van der Waals surface area contributed by atoms with E-state index in [2.05, 4.69) is 34.3 Å². The second-order valence-corrected chi connectivity index (χ2v) is 5.22. The molecule has 0 aromatic carbocycles. The number of nitrogens with one attached hydrogen (secondary N) is 2. The molecule has 1 aliphatic rings. The lowest BCUT2D eigenvalue weighted by atomic mass is 10.1. The van der Waals surface area contributed by atoms with Gasteiger partial charge in [0.15, 0.2) is 0 Å². The molecule has 17 heavy (non-hydrogen) atoms. The highest BCUT2D eigenvalue weighted by Gasteiger charge is 2.18. The van der Waals surface area contributed by atoms with Gasteiger partial charge < -0.3 is 10.2 Å². The number of rotatable bonds is 4. The SMILES string of the molecule is CC(C)N1CCCC(NCc2ccn[nH]2)CC1. The smallest absolute Gasteiger partial charge is 0.0490 e. The number of aromatic nitrogens is 2. The number of hydrogen-bond acceptors (Lipinski definition) is 3. The van der Waals surface area contributed by atoms with E-state index >= 15 is 0 Å². The van der Waals surface area contributed by atoms with Crippen molar-refractivity contribution >= 4 is 0 Å². The molecule has 1 saturated heterocycles. The molecule has 1 aliphatic heterocycles. The summed E-state index contributed by atoms with van der Waals surface area (Å²) in [5.74, 6) is 0. The predicted octanol–water partition coefficient (Wildman–Crippen LogP) is 1.76. The van der Waals surface area contributed by atoms with Gasteiger partial charge in [0.2, 0.25) is 0 Å². The van der Waals surface area contributed by atoms with Crippen molar-refractivity contribution in [2.75, 3.05) is 13.1 Å². The molecular weight excluding hydrogens is 212 g/mol. The molecule has 0 saturated carbocycles. The van der Waals surface area contributed by atoms with E-state index in [0.717, 1.165) is 6.54 Å². The van der Waals surface area contributed by atoms with Gasteiger partial charge in [0, 0.05) is 30.5 Å². The molecule has 1 atom stereocenters. The number of aromatic amines is 1. The molecule has 0 bridgehead atoms. The molecule has 4 nitrogen and oxygen atoms in total. The van der Waals surface area contributed by atoms with E-state index in [1.807, 2.05) is 12.3 Å². The Hall–Kier alpha value is -0.870. The summed E-state index contributed by atoms with van der Waals surface area (Å²) in [5, 5.41) is 10.6. The Morgan fingerprint density at radius 2 is 2.35 bits per heavy atom. The van der Waals surface area contributed by atoms with E-state index in [1.54, 1.807) is 0 Å². The maximum absolute atomic E-state index is 3.97. The fourth-order valence-electron chi connectivity index (χ4n) is 2.48. The van der Waals surface area contributed by atoms with Crippen LogP contribution in [0.2, 0.25) is 0 Å². The highest BCUT2D eigenvalue weighted by atomic mass is 15.2. The summed E-state index contributed by atoms with van der Waals surface area (Å²) < 4.78 is 0. The Bertz CT molecular complexity index is 307. The lowest BCUT2D eigenvalue weighted by Crippen LogP contribution is -2.33. The molecule has 0 amide bonds. The van der Waals surface area contributed by atoms with Crippen molar-refractivity contribution in [3.8, 4) is 0 Å². The van der Waals surface area contributed by atoms with Crippen LogP contribution in [0.25, 0.3) is 0 Å². The molecule has 1 fully saturated rings. The Morgan fingerprint density at radius 3 is 3.06 bits per heavy atom. The van der Waals surface area contributed by atoms with E-state index < -0.39 is 0 Å². The van der Waals surface area contributed by atoms with Crippen LogP contribution in [0, 0.1) is 0 Å². The Kier molecular flexibility index (Phi) is 4.57. The van der Waals surface area contributed by atoms with Crippen molar-refractivity contribution in [1.29, 1.82) is 0 Å². The van der Waals surface area contributed by atoms with Crippen LogP contribution >= 0.6 is 0 Å². The molecule has 4 heteroatoms. The maximum atomic E-state index is 3.97. The first kappa shape index (κ1) is 12.6. The summed E-state index contributed by atoms with van der Waals surface area (Å²) in [6.07, 6.45) is 5.66. The minimum absolute atomic E-state index is 0.655. The first-order chi connectivity index (χ1) is 8.25. The molecule has 2 N–H and O–H groups in total. The minimum atomic E-state index is 0.655. The molecule has 1 aromatic rings. The van der Waals surface area contributed by atoms with Crippen LogP contribution in [0.5, 0.6) is 0 Å². The van der Waals surface area contributed by atoms with Gasteiger partial charge in [-0.3, -0.25) is 5.10 Å². The third kappa shape index (κ3) is 3.82. The van der Waals surface area contributed by atoms with Crippen LogP contribution in [0.1, 0.15) is 38.8 Å². The lowest BCUT2D eigenvalue weighted by molar-refractivity contribution is 0.229. The zero-order chi connectivity index (χ0) is 12.1. The summed E-state index contributed by atoms with van der Waals surface area (Å²) >= 11 is 0. The third-order valence-corrected chi connectivity index (χ3v) is 3.63. The van der Waals surface area contributed by atoms with E-state index in [-0.39, 0.29) is 0 Å². The highest BCUT2D eigenvalue weighted by Crippen LogP contribution is 2.13. The molecule has 0 spiro atoms. The number of H-pyrrole nitrogens is 1. The average Bonchev–Trinajstić information content (AvgIpc) is 2.70. The predicted molar refractivity (Wildman–Crippen MR) is 69.8 cm³/mol. The number of likely N-dealkylation sites (tertiary alicyclic amines) is 1. The van der Waals surface area contributed by atoms with Gasteiger partial charge in [0.05, 0.1) is 0 Å². The summed E-state index contributed by atoms with van der Waals surface area (Å²) in [5.41, 5.74) is 1.18. The summed E-state index contributed by atoms with van der Waals surface area (Å²) in [7, 11) is 0. The van der Waals surface area contributed by atoms with Crippen LogP contribution in [-0.4, -0.2) is 40.3 Å². The molecule has 0 radical (unpaired) electrons. The van der Waals surface area contributed by atoms with Crippen LogP contribution in [0.4, 0.5) is 0 Å². The second kappa shape index (κ2) is 6.17. The van der Waals surface area contributed by atoms with Gasteiger partial charge in [-0.2, -0.15) is 5.10 Å². The fraction of sp³-hybridized carbons (Fsp3) is 0.769. The van der Waals surface area contributed by atoms with Crippen LogP contribution in [0.15, 0.2) is 12.3 Å². The maximum Gasteiger partial charge on any atom is 0.0490 e. The van der Waals surface area contributed by atoms with E-state index in [1.165, 1.54) is 38.0 Å². The van der Waals surface area contributed by atoms with Crippen molar-refractivity contribution in [3.63, 3.8) is 0 Å². The first-order valence-electron chi connectivity index (χ1n) is 6.71. The van der Waals surface area contributed by atoms with Crippen LogP contribution in [0.3, 0.4) is 0 Å². The van der Waals surface area contributed by atoms with Crippen molar-refractivity contribution < 1.29 is 0 Å². The molecule has 96 valence electrons. The number of hydrogen-bond donors (Lipinski definition) is 2. The zero-order valence-electron chi connectivity index (χ0n) is 10.9. The van der Waals surface area contributed by atoms with Crippen LogP contribution in [-0.2, 0) is 6.54 Å². The van der Waals surface area contributed by atoms with Gasteiger partial charge >= 0.3 is 0 Å². The standard InChI is InChI=1S/C13H24N4/c1-11(2)17-8-3-4-12(6-9-17)14-10-13-5-7-15-16-13/h5,7,11-12,14H,3-4,6,8-10H2,1-2H3,(H,15,16). The highest BCUT2D eigenvalue weighted by molar-refractivity contribution is 4.97. The second-order valence-electron chi connectivity index (χ2n) is 5.22. The van der Waals surface area contributed by atoms with E-state index in [9.17, 15) is 0 Å². The Morgan fingerprint density at radius 1 is 1.47 bits per heavy atom. The van der Waals surface area contributed by atoms with Gasteiger partial charge in [-0.05, 0) is 52.3 Å². The third-order valence-electron chi connectivity index (χ3n) is 3.63. The van der Waals surface area contributed by atoms with E-state index in [4.69, 9.17) is 0 Å². The minimum Gasteiger partial charge on any atom is -0.308 e. The van der Waals surface area contributed by atoms with Gasteiger partial charge in [0.1, 0.15) is 0 Å². The largest absolute Gasteiger partial charge is 0.308 e. The van der Waals surface area contributed by atoms with Gasteiger partial charge in [-0.15, -0.1) is 0 Å². The van der Waals surface area contributed by atoms with Crippen molar-refractivity contribution in [2.24, 2.45) is 0 Å². The quantitative estimate of drug-likeness (QED) is 0.837. The van der Waals surface area contributed by atoms with E-state index in [0.29, 0.717) is 12.1 Å². The monoisotopic (exact) mass is 236 g/mol. The summed E-state index contributed by atoms with van der Waals surface area (Å²) in [6.45, 7) is 7.96. The van der Waals surface area contributed by atoms with Crippen molar-refractivity contribution in [3.05, 3.63) is 18.0 Å². The normalized spacial score (nSPS) is 22.9. The fourth-order valence-corrected chi connectivity index (χ4v) is 2.48. The molecule has 1 aromatic heterocycles. The van der Waals surface area contributed by atoms with Crippen molar-refractivity contribution in [2.45, 2.75) is 51.7 Å². The molecular formula is C13H24N4. The van der Waals surface area contributed by atoms with Gasteiger partial charge in [-0.25, -0.2) is 0 Å². The lowest BCUT2D eigenvalue weighted by Gasteiger charge is -2.24. The van der Waals surface area contributed by atoms with Crippen LogP contribution < -0.4 is 5.32 Å². The Labute approximate surface area is 104 Å². The molecule has 1 unspecified atom stereocenters. The number of nitrogens with zero attached hydrogens (tertiary/aromatic N) is 2. The summed E-state index contributed by atoms with van der Waals surface area (Å²) in [4.78, 5) is 2.58. The first-order valence-corrected chi connectivity index (χ1v) is 6.71. The van der Waals surface area contributed by atoms with Gasteiger partial charge in [0.25, 0.3) is 0 Å². The zero-order valence-corrected chi connectivity index (χ0v) is 10.9. The average molecular weight is 236 g/mol.